The number of aliphatic hydroxyl groups is 1. The normalized spacial score (nSPS) is 10.5. The van der Waals surface area contributed by atoms with E-state index in [1.165, 1.54) is 0 Å². The molecule has 2 aromatic carbocycles. The summed E-state index contributed by atoms with van der Waals surface area (Å²) in [5.74, 6) is 0. The molecule has 3 nitrogen and oxygen atoms in total. The van der Waals surface area contributed by atoms with Crippen molar-refractivity contribution in [3.8, 4) is 17.2 Å². The van der Waals surface area contributed by atoms with Gasteiger partial charge in [0.05, 0.1) is 18.2 Å². The van der Waals surface area contributed by atoms with Crippen molar-refractivity contribution in [3.05, 3.63) is 88.2 Å². The van der Waals surface area contributed by atoms with Crippen LogP contribution >= 0.6 is 0 Å². The number of nitrogens with zero attached hydrogens (tertiary/aromatic N) is 2. The molecule has 3 aromatic rings. The molecule has 1 N–H and O–H groups in total. The van der Waals surface area contributed by atoms with Crippen LogP contribution in [0.1, 0.15) is 33.5 Å². The zero-order chi connectivity index (χ0) is 17.8. The maximum Gasteiger partial charge on any atom is 0.0998 e. The summed E-state index contributed by atoms with van der Waals surface area (Å²) in [5.41, 5.74) is 7.61. The summed E-state index contributed by atoms with van der Waals surface area (Å²) in [6.07, 6.45) is 2.62. The van der Waals surface area contributed by atoms with Crippen LogP contribution in [-0.4, -0.2) is 10.1 Å². The van der Waals surface area contributed by atoms with Gasteiger partial charge in [0.2, 0.25) is 0 Å². The second-order valence-corrected chi connectivity index (χ2v) is 6.34. The fourth-order valence-electron chi connectivity index (χ4n) is 2.95. The second-order valence-electron chi connectivity index (χ2n) is 6.34. The van der Waals surface area contributed by atoms with Crippen LogP contribution < -0.4 is 0 Å². The highest BCUT2D eigenvalue weighted by molar-refractivity contribution is 5.72. The largest absolute Gasteiger partial charge is 0.392 e. The van der Waals surface area contributed by atoms with E-state index in [1.54, 1.807) is 0 Å². The van der Waals surface area contributed by atoms with Crippen molar-refractivity contribution in [1.82, 2.24) is 4.98 Å². The Hall–Kier alpha value is -2.96. The average molecular weight is 328 g/mol. The van der Waals surface area contributed by atoms with E-state index >= 15 is 0 Å². The smallest absolute Gasteiger partial charge is 0.0998 e. The molecule has 3 rings (SSSR count). The number of hydrogen-bond donors (Lipinski definition) is 1. The lowest BCUT2D eigenvalue weighted by molar-refractivity contribution is 0.282. The van der Waals surface area contributed by atoms with Gasteiger partial charge in [-0.25, -0.2) is 0 Å². The Kier molecular flexibility index (Phi) is 4.92. The van der Waals surface area contributed by atoms with Gasteiger partial charge in [-0.15, -0.1) is 0 Å². The van der Waals surface area contributed by atoms with Crippen LogP contribution in [0.4, 0.5) is 0 Å². The van der Waals surface area contributed by atoms with Crippen LogP contribution in [0.3, 0.4) is 0 Å². The Morgan fingerprint density at radius 2 is 1.76 bits per heavy atom. The summed E-state index contributed by atoms with van der Waals surface area (Å²) < 4.78 is 0. The highest BCUT2D eigenvalue weighted by Gasteiger charge is 2.09. The predicted molar refractivity (Wildman–Crippen MR) is 99.0 cm³/mol. The van der Waals surface area contributed by atoms with E-state index in [0.29, 0.717) is 5.56 Å². The number of aliphatic hydroxyl groups excluding tert-OH is 1. The number of aryl methyl sites for hydroxylation is 2. The highest BCUT2D eigenvalue weighted by Crippen LogP contribution is 2.27. The van der Waals surface area contributed by atoms with Crippen LogP contribution in [0.15, 0.2) is 54.7 Å². The minimum Gasteiger partial charge on any atom is -0.392 e. The molecule has 0 aliphatic rings. The van der Waals surface area contributed by atoms with Gasteiger partial charge in [0.25, 0.3) is 0 Å². The Labute approximate surface area is 148 Å². The van der Waals surface area contributed by atoms with Gasteiger partial charge in [-0.05, 0) is 71.8 Å². The number of hydrogen-bond acceptors (Lipinski definition) is 3. The summed E-state index contributed by atoms with van der Waals surface area (Å²) >= 11 is 0. The monoisotopic (exact) mass is 328 g/mol. The van der Waals surface area contributed by atoms with E-state index in [1.807, 2.05) is 56.4 Å². The first-order chi connectivity index (χ1) is 12.1. The molecule has 0 saturated heterocycles. The number of rotatable bonds is 4. The third-order valence-electron chi connectivity index (χ3n) is 4.22. The molecule has 0 bridgehead atoms. The lowest BCUT2D eigenvalue weighted by atomic mass is 9.93. The molecule has 0 spiro atoms. The second kappa shape index (κ2) is 7.29. The molecule has 0 radical (unpaired) electrons. The topological polar surface area (TPSA) is 56.9 Å². The van der Waals surface area contributed by atoms with E-state index in [4.69, 9.17) is 0 Å². The number of aromatic nitrogens is 1. The van der Waals surface area contributed by atoms with Crippen molar-refractivity contribution >= 4 is 0 Å². The van der Waals surface area contributed by atoms with Gasteiger partial charge in [-0.3, -0.25) is 4.98 Å². The molecule has 3 heteroatoms. The van der Waals surface area contributed by atoms with Gasteiger partial charge in [-0.2, -0.15) is 5.26 Å². The fraction of sp³-hybridized carbons (Fsp3) is 0.182. The van der Waals surface area contributed by atoms with Gasteiger partial charge < -0.3 is 5.11 Å². The molecule has 1 heterocycles. The standard InChI is InChI=1S/C22H20N2O/c1-15-3-6-22(21(7-15)12-23)20-10-18(9-19(11-20)14-25)8-17-5-4-16(2)24-13-17/h3-7,9-11,13,25H,8,14H2,1-2H3. The molecule has 124 valence electrons. The van der Waals surface area contributed by atoms with Crippen LogP contribution in [0.25, 0.3) is 11.1 Å². The number of nitriles is 1. The lowest BCUT2D eigenvalue weighted by Crippen LogP contribution is -1.95. The third kappa shape index (κ3) is 3.93. The van der Waals surface area contributed by atoms with E-state index in [2.05, 4.69) is 23.2 Å². The zero-order valence-corrected chi connectivity index (χ0v) is 14.5. The van der Waals surface area contributed by atoms with Crippen LogP contribution in [0.5, 0.6) is 0 Å². The summed E-state index contributed by atoms with van der Waals surface area (Å²) in [4.78, 5) is 4.34. The number of benzene rings is 2. The van der Waals surface area contributed by atoms with Gasteiger partial charge in [-0.1, -0.05) is 30.3 Å². The Balaban J connectivity index is 2.04. The molecule has 0 amide bonds. The van der Waals surface area contributed by atoms with E-state index in [0.717, 1.165) is 45.5 Å². The summed E-state index contributed by atoms with van der Waals surface area (Å²) in [6, 6.07) is 18.3. The summed E-state index contributed by atoms with van der Waals surface area (Å²) in [7, 11) is 0. The Morgan fingerprint density at radius 3 is 2.44 bits per heavy atom. The van der Waals surface area contributed by atoms with E-state index in [-0.39, 0.29) is 6.61 Å². The van der Waals surface area contributed by atoms with Crippen LogP contribution in [0, 0.1) is 25.2 Å². The lowest BCUT2D eigenvalue weighted by Gasteiger charge is -2.11. The molecule has 1 aromatic heterocycles. The molecular formula is C22H20N2O. The summed E-state index contributed by atoms with van der Waals surface area (Å²) in [6.45, 7) is 3.92. The van der Waals surface area contributed by atoms with Crippen molar-refractivity contribution in [1.29, 1.82) is 5.26 Å². The first kappa shape index (κ1) is 16.9. The third-order valence-corrected chi connectivity index (χ3v) is 4.22. The molecule has 0 saturated carbocycles. The molecular weight excluding hydrogens is 308 g/mol. The zero-order valence-electron chi connectivity index (χ0n) is 14.5. The van der Waals surface area contributed by atoms with E-state index < -0.39 is 0 Å². The van der Waals surface area contributed by atoms with Crippen molar-refractivity contribution in [2.24, 2.45) is 0 Å². The highest BCUT2D eigenvalue weighted by atomic mass is 16.3. The van der Waals surface area contributed by atoms with Crippen molar-refractivity contribution < 1.29 is 5.11 Å². The minimum absolute atomic E-state index is 0.0270. The van der Waals surface area contributed by atoms with Crippen molar-refractivity contribution in [2.45, 2.75) is 26.9 Å². The van der Waals surface area contributed by atoms with Gasteiger partial charge in [0.1, 0.15) is 0 Å². The van der Waals surface area contributed by atoms with E-state index in [9.17, 15) is 10.4 Å². The average Bonchev–Trinajstić information content (AvgIpc) is 2.63. The fourth-order valence-corrected chi connectivity index (χ4v) is 2.95. The molecule has 0 fully saturated rings. The molecule has 0 aliphatic carbocycles. The van der Waals surface area contributed by atoms with Gasteiger partial charge >= 0.3 is 0 Å². The van der Waals surface area contributed by atoms with Gasteiger partial charge in [0.15, 0.2) is 0 Å². The quantitative estimate of drug-likeness (QED) is 0.776. The Morgan fingerprint density at radius 1 is 0.960 bits per heavy atom. The van der Waals surface area contributed by atoms with Crippen LogP contribution in [0.2, 0.25) is 0 Å². The minimum atomic E-state index is -0.0270. The first-order valence-electron chi connectivity index (χ1n) is 8.25. The van der Waals surface area contributed by atoms with Crippen molar-refractivity contribution in [3.63, 3.8) is 0 Å². The molecule has 0 aliphatic heterocycles. The maximum atomic E-state index is 9.63. The Bertz CT molecular complexity index is 937. The molecule has 25 heavy (non-hydrogen) atoms. The summed E-state index contributed by atoms with van der Waals surface area (Å²) in [5, 5.41) is 19.1. The molecule has 0 atom stereocenters. The molecule has 0 unspecified atom stereocenters. The first-order valence-corrected chi connectivity index (χ1v) is 8.25. The van der Waals surface area contributed by atoms with Crippen LogP contribution in [-0.2, 0) is 13.0 Å². The van der Waals surface area contributed by atoms with Gasteiger partial charge in [0, 0.05) is 11.9 Å². The van der Waals surface area contributed by atoms with Crippen molar-refractivity contribution in [2.75, 3.05) is 0 Å². The SMILES string of the molecule is Cc1ccc(-c2cc(CO)cc(Cc3ccc(C)nc3)c2)c(C#N)c1. The number of pyridine rings is 1. The maximum absolute atomic E-state index is 9.63. The predicted octanol–water partition coefficient (Wildman–Crippen LogP) is 4.32.